The summed E-state index contributed by atoms with van der Waals surface area (Å²) < 4.78 is 5.93. The molecule has 0 N–H and O–H groups in total. The van der Waals surface area contributed by atoms with Crippen LogP contribution in [0.2, 0.25) is 0 Å². The molecule has 0 bridgehead atoms. The zero-order chi connectivity index (χ0) is 16.0. The molecule has 0 aromatic heterocycles. The number of nitrogens with zero attached hydrogens (tertiary/aromatic N) is 1. The lowest BCUT2D eigenvalue weighted by atomic mass is 9.99. The van der Waals surface area contributed by atoms with Gasteiger partial charge in [0.05, 0.1) is 12.7 Å². The van der Waals surface area contributed by atoms with E-state index in [0.717, 1.165) is 10.8 Å². The second-order valence-electron chi connectivity index (χ2n) is 5.39. The molecule has 0 amide bonds. The van der Waals surface area contributed by atoms with Gasteiger partial charge in [-0.2, -0.15) is 4.74 Å². The number of rotatable bonds is 2. The minimum atomic E-state index is -0.303. The van der Waals surface area contributed by atoms with Gasteiger partial charge in [0.25, 0.3) is 11.5 Å². The van der Waals surface area contributed by atoms with Crippen molar-refractivity contribution >= 4 is 28.0 Å². The van der Waals surface area contributed by atoms with Gasteiger partial charge >= 0.3 is 0 Å². The van der Waals surface area contributed by atoms with Crippen LogP contribution in [0.25, 0.3) is 10.8 Å². The molecule has 1 heterocycles. The van der Waals surface area contributed by atoms with Gasteiger partial charge in [-0.25, -0.2) is 0 Å². The highest BCUT2D eigenvalue weighted by molar-refractivity contribution is 6.52. The highest BCUT2D eigenvalue weighted by Crippen LogP contribution is 2.35. The number of hydrogen-bond donors (Lipinski definition) is 0. The Labute approximate surface area is 132 Å². The van der Waals surface area contributed by atoms with Crippen LogP contribution in [0.3, 0.4) is 0 Å². The highest BCUT2D eigenvalue weighted by Gasteiger charge is 2.39. The molecule has 1 aliphatic heterocycles. The van der Waals surface area contributed by atoms with Crippen LogP contribution in [0.1, 0.15) is 15.9 Å². The van der Waals surface area contributed by atoms with Crippen LogP contribution < -0.4 is 4.74 Å². The molecule has 0 fully saturated rings. The summed E-state index contributed by atoms with van der Waals surface area (Å²) in [7, 11) is 1.49. The van der Waals surface area contributed by atoms with Crippen molar-refractivity contribution in [1.29, 1.82) is 0 Å². The fourth-order valence-corrected chi connectivity index (χ4v) is 3.00. The van der Waals surface area contributed by atoms with Gasteiger partial charge in [-0.3, -0.25) is 4.79 Å². The zero-order valence-electron chi connectivity index (χ0n) is 12.4. The van der Waals surface area contributed by atoms with Crippen molar-refractivity contribution in [3.05, 3.63) is 77.0 Å². The Morgan fingerprint density at radius 3 is 2.52 bits per heavy atom. The Balaban J connectivity index is 1.92. The SMILES string of the molecule is COc1cccc2c1C(=O)C(c1ccc3ccccc3c1)=[N+]2[O-]. The maximum absolute atomic E-state index is 12.8. The molecule has 4 rings (SSSR count). The van der Waals surface area contributed by atoms with Crippen molar-refractivity contribution < 1.29 is 14.3 Å². The molecule has 112 valence electrons. The highest BCUT2D eigenvalue weighted by atomic mass is 16.5. The van der Waals surface area contributed by atoms with E-state index >= 15 is 0 Å². The number of ether oxygens (including phenoxy) is 1. The summed E-state index contributed by atoms with van der Waals surface area (Å²) in [6.45, 7) is 0. The molecule has 0 unspecified atom stereocenters. The van der Waals surface area contributed by atoms with Gasteiger partial charge in [-0.15, -0.1) is 0 Å². The molecule has 4 heteroatoms. The topological polar surface area (TPSA) is 52.4 Å². The van der Waals surface area contributed by atoms with Crippen molar-refractivity contribution in [1.82, 2.24) is 0 Å². The lowest BCUT2D eigenvalue weighted by Crippen LogP contribution is -2.16. The number of benzene rings is 3. The predicted molar refractivity (Wildman–Crippen MR) is 88.7 cm³/mol. The van der Waals surface area contributed by atoms with E-state index in [1.807, 2.05) is 36.4 Å². The lowest BCUT2D eigenvalue weighted by Gasteiger charge is -2.04. The van der Waals surface area contributed by atoms with Gasteiger partial charge in [-0.1, -0.05) is 36.4 Å². The Kier molecular flexibility index (Phi) is 2.91. The van der Waals surface area contributed by atoms with Crippen LogP contribution >= 0.6 is 0 Å². The first-order chi connectivity index (χ1) is 11.2. The van der Waals surface area contributed by atoms with Crippen molar-refractivity contribution in [3.63, 3.8) is 0 Å². The molecule has 0 atom stereocenters. The van der Waals surface area contributed by atoms with Gasteiger partial charge in [-0.05, 0) is 29.0 Å². The molecule has 3 aromatic rings. The van der Waals surface area contributed by atoms with E-state index in [9.17, 15) is 10.0 Å². The Hall–Kier alpha value is -3.14. The maximum Gasteiger partial charge on any atom is 0.273 e. The van der Waals surface area contributed by atoms with E-state index in [2.05, 4.69) is 0 Å². The average molecular weight is 303 g/mol. The maximum atomic E-state index is 12.8. The minimum absolute atomic E-state index is 0.134. The molecule has 3 aromatic carbocycles. The Morgan fingerprint density at radius 2 is 1.74 bits per heavy atom. The molecule has 23 heavy (non-hydrogen) atoms. The van der Waals surface area contributed by atoms with E-state index in [1.165, 1.54) is 7.11 Å². The van der Waals surface area contributed by atoms with Crippen LogP contribution in [0, 0.1) is 5.21 Å². The smallest absolute Gasteiger partial charge is 0.273 e. The third-order valence-electron chi connectivity index (χ3n) is 4.11. The largest absolute Gasteiger partial charge is 0.618 e. The van der Waals surface area contributed by atoms with E-state index in [-0.39, 0.29) is 11.5 Å². The van der Waals surface area contributed by atoms with Gasteiger partial charge in [0.2, 0.25) is 5.69 Å². The van der Waals surface area contributed by atoms with E-state index in [4.69, 9.17) is 4.74 Å². The number of ketones is 1. The number of Topliss-reactive ketones (excluding diaryl/α,β-unsaturated/α-hetero) is 1. The van der Waals surface area contributed by atoms with Gasteiger partial charge < -0.3 is 9.94 Å². The Morgan fingerprint density at radius 1 is 0.957 bits per heavy atom. The fraction of sp³-hybridized carbons (Fsp3) is 0.0526. The van der Waals surface area contributed by atoms with E-state index in [1.54, 1.807) is 24.3 Å². The molecule has 0 saturated carbocycles. The lowest BCUT2D eigenvalue weighted by molar-refractivity contribution is -0.355. The first-order valence-corrected chi connectivity index (χ1v) is 7.26. The number of fused-ring (bicyclic) bond motifs is 2. The number of methoxy groups -OCH3 is 1. The minimum Gasteiger partial charge on any atom is -0.618 e. The summed E-state index contributed by atoms with van der Waals surface area (Å²) in [5, 5.41) is 14.7. The molecule has 0 saturated heterocycles. The molecule has 4 nitrogen and oxygen atoms in total. The number of carbonyl (C=O) groups is 1. The third-order valence-corrected chi connectivity index (χ3v) is 4.11. The summed E-state index contributed by atoms with van der Waals surface area (Å²) in [6.07, 6.45) is 0. The number of carbonyl (C=O) groups excluding carboxylic acids is 1. The van der Waals surface area contributed by atoms with Gasteiger partial charge in [0, 0.05) is 6.07 Å². The molecule has 0 aliphatic carbocycles. The molecule has 0 spiro atoms. The summed E-state index contributed by atoms with van der Waals surface area (Å²) in [4.78, 5) is 12.8. The van der Waals surface area contributed by atoms with Crippen molar-refractivity contribution in [2.45, 2.75) is 0 Å². The second kappa shape index (κ2) is 4.95. The standard InChI is InChI=1S/C19H13NO3/c1-23-16-8-4-7-15-17(16)19(21)18(20(15)22)14-10-9-12-5-2-3-6-13(12)11-14/h2-11H,1H3. The monoisotopic (exact) mass is 303 g/mol. The summed E-state index contributed by atoms with van der Waals surface area (Å²) in [5.74, 6) is 0.117. The van der Waals surface area contributed by atoms with Crippen molar-refractivity contribution in [2.24, 2.45) is 0 Å². The molecular weight excluding hydrogens is 290 g/mol. The van der Waals surface area contributed by atoms with Crippen molar-refractivity contribution in [3.8, 4) is 5.75 Å². The summed E-state index contributed by atoms with van der Waals surface area (Å²) in [5.41, 5.74) is 1.41. The predicted octanol–water partition coefficient (Wildman–Crippen LogP) is 3.68. The van der Waals surface area contributed by atoms with E-state index < -0.39 is 0 Å². The first-order valence-electron chi connectivity index (χ1n) is 7.26. The zero-order valence-corrected chi connectivity index (χ0v) is 12.4. The summed E-state index contributed by atoms with van der Waals surface area (Å²) in [6, 6.07) is 18.5. The molecule has 0 radical (unpaired) electrons. The quantitative estimate of drug-likeness (QED) is 0.536. The van der Waals surface area contributed by atoms with Gasteiger partial charge in [0.1, 0.15) is 11.3 Å². The van der Waals surface area contributed by atoms with Crippen LogP contribution in [0.4, 0.5) is 5.69 Å². The Bertz CT molecular complexity index is 989. The van der Waals surface area contributed by atoms with Crippen molar-refractivity contribution in [2.75, 3.05) is 7.11 Å². The van der Waals surface area contributed by atoms with E-state index in [0.29, 0.717) is 27.3 Å². The van der Waals surface area contributed by atoms with Crippen LogP contribution in [-0.4, -0.2) is 23.3 Å². The average Bonchev–Trinajstić information content (AvgIpc) is 2.85. The fourth-order valence-electron chi connectivity index (χ4n) is 3.00. The van der Waals surface area contributed by atoms with Crippen LogP contribution in [0.5, 0.6) is 5.75 Å². The van der Waals surface area contributed by atoms with Crippen LogP contribution in [-0.2, 0) is 0 Å². The van der Waals surface area contributed by atoms with Gasteiger partial charge in [0.15, 0.2) is 0 Å². The second-order valence-corrected chi connectivity index (χ2v) is 5.39. The third kappa shape index (κ3) is 1.92. The normalized spacial score (nSPS) is 13.5. The number of hydrogen-bond acceptors (Lipinski definition) is 3. The summed E-state index contributed by atoms with van der Waals surface area (Å²) >= 11 is 0. The van der Waals surface area contributed by atoms with Crippen LogP contribution in [0.15, 0.2) is 60.7 Å². The molecular formula is C19H13NO3. The first kappa shape index (κ1) is 13.5. The molecule has 1 aliphatic rings.